The lowest BCUT2D eigenvalue weighted by molar-refractivity contribution is 0.176. The molecule has 0 bridgehead atoms. The maximum atomic E-state index is 9.99. The van der Waals surface area contributed by atoms with E-state index in [-0.39, 0.29) is 5.48 Å². The van der Waals surface area contributed by atoms with E-state index in [0.29, 0.717) is 12.1 Å². The molecule has 10 heavy (non-hydrogen) atoms. The van der Waals surface area contributed by atoms with Gasteiger partial charge in [0.15, 0.2) is 0 Å². The Hall–Kier alpha value is -0.830. The molecule has 1 fully saturated rings. The summed E-state index contributed by atoms with van der Waals surface area (Å²) in [6.45, 7) is 0.779. The molecule has 0 aromatic rings. The minimum atomic E-state index is -0.601. The lowest BCUT2D eigenvalue weighted by atomic mass is 10.1. The van der Waals surface area contributed by atoms with Gasteiger partial charge in [0.1, 0.15) is 17.7 Å². The van der Waals surface area contributed by atoms with E-state index in [1.165, 1.54) is 0 Å². The number of aliphatic hydroxyl groups is 1. The first-order valence-corrected chi connectivity index (χ1v) is 3.01. The fourth-order valence-electron chi connectivity index (χ4n) is 0.885. The Kier molecular flexibility index (Phi) is 3.72. The van der Waals surface area contributed by atoms with Crippen LogP contribution in [0.1, 0.15) is 12.8 Å². The van der Waals surface area contributed by atoms with Crippen LogP contribution in [0.2, 0.25) is 0 Å². The quantitative estimate of drug-likeness (QED) is 0.412. The van der Waals surface area contributed by atoms with Gasteiger partial charge in [-0.15, -0.1) is 0 Å². The molecule has 58 valence electrons. The maximum Gasteiger partial charge on any atom is 0.148 e. The van der Waals surface area contributed by atoms with E-state index < -0.39 is 6.10 Å². The zero-order chi connectivity index (χ0) is 6.69. The summed E-state index contributed by atoms with van der Waals surface area (Å²) in [4.78, 5) is 9.99. The Bertz CT molecular complexity index is 151. The number of nitrogens with one attached hydrogen (secondary N) is 1. The van der Waals surface area contributed by atoms with Crippen molar-refractivity contribution in [1.29, 1.82) is 0 Å². The predicted octanol–water partition coefficient (Wildman–Crippen LogP) is -1.38. The van der Waals surface area contributed by atoms with Gasteiger partial charge in [-0.3, -0.25) is 0 Å². The molecule has 1 aliphatic rings. The van der Waals surface area contributed by atoms with Gasteiger partial charge in [0.2, 0.25) is 0 Å². The Balaban J connectivity index is 0.000000810. The van der Waals surface area contributed by atoms with Crippen molar-refractivity contribution in [2.75, 3.05) is 6.54 Å². The van der Waals surface area contributed by atoms with E-state index >= 15 is 0 Å². The van der Waals surface area contributed by atoms with Crippen LogP contribution < -0.4 is 5.32 Å². The summed E-state index contributed by atoms with van der Waals surface area (Å²) in [5.41, 5.74) is 0.307. The van der Waals surface area contributed by atoms with Crippen LogP contribution in [-0.2, 0) is 4.79 Å². The Morgan fingerprint density at radius 1 is 1.70 bits per heavy atom. The molecule has 1 heterocycles. The molecule has 0 aliphatic carbocycles. The molecule has 0 spiro atoms. The monoisotopic (exact) mass is 145 g/mol. The highest BCUT2D eigenvalue weighted by Gasteiger charge is 2.15. The van der Waals surface area contributed by atoms with Gasteiger partial charge in [-0.25, -0.2) is 4.79 Å². The molecule has 1 atom stereocenters. The molecular formula is C6H11NO3. The van der Waals surface area contributed by atoms with Crippen LogP contribution in [0.4, 0.5) is 0 Å². The van der Waals surface area contributed by atoms with Crippen LogP contribution in [0.25, 0.3) is 0 Å². The average Bonchev–Trinajstić information content (AvgIpc) is 1.89. The molecule has 4 N–H and O–H groups in total. The second-order valence-corrected chi connectivity index (χ2v) is 2.10. The number of rotatable bonds is 0. The van der Waals surface area contributed by atoms with Crippen molar-refractivity contribution in [2.24, 2.45) is 0 Å². The average molecular weight is 145 g/mol. The maximum absolute atomic E-state index is 9.99. The number of carbonyl (C=O) groups excluding carboxylic acids is 1. The van der Waals surface area contributed by atoms with Crippen molar-refractivity contribution in [3.8, 4) is 0 Å². The number of aliphatic hydroxyl groups excluding tert-OH is 1. The third-order valence-electron chi connectivity index (χ3n) is 1.41. The standard InChI is InChI=1S/C6H9NO2.H2O/c8-4-5-6(9)2-1-3-7-5;/h6-7,9H,1-3H2;1H2. The molecule has 1 aliphatic heterocycles. The van der Waals surface area contributed by atoms with Gasteiger partial charge >= 0.3 is 0 Å². The van der Waals surface area contributed by atoms with Gasteiger partial charge in [-0.2, -0.15) is 0 Å². The van der Waals surface area contributed by atoms with Crippen LogP contribution in [0.5, 0.6) is 0 Å². The summed E-state index contributed by atoms with van der Waals surface area (Å²) in [7, 11) is 0. The van der Waals surface area contributed by atoms with Gasteiger partial charge < -0.3 is 15.9 Å². The van der Waals surface area contributed by atoms with Crippen LogP contribution in [0.3, 0.4) is 0 Å². The summed E-state index contributed by atoms with van der Waals surface area (Å²) in [6, 6.07) is 0. The highest BCUT2D eigenvalue weighted by molar-refractivity contribution is 5.53. The largest absolute Gasteiger partial charge is 0.412 e. The molecule has 0 radical (unpaired) electrons. The van der Waals surface area contributed by atoms with Gasteiger partial charge in [-0.1, -0.05) is 0 Å². The summed E-state index contributed by atoms with van der Waals surface area (Å²) in [6.07, 6.45) is 1.00. The zero-order valence-electron chi connectivity index (χ0n) is 5.55. The number of piperidine rings is 1. The summed E-state index contributed by atoms with van der Waals surface area (Å²) >= 11 is 0. The molecule has 1 unspecified atom stereocenters. The normalized spacial score (nSPS) is 24.1. The minimum absolute atomic E-state index is 0. The first-order valence-electron chi connectivity index (χ1n) is 3.01. The summed E-state index contributed by atoms with van der Waals surface area (Å²) in [5, 5.41) is 11.8. The van der Waals surface area contributed by atoms with Crippen LogP contribution in [0.15, 0.2) is 5.70 Å². The van der Waals surface area contributed by atoms with Crippen molar-refractivity contribution in [3.63, 3.8) is 0 Å². The van der Waals surface area contributed by atoms with Crippen LogP contribution in [-0.4, -0.2) is 29.2 Å². The third kappa shape index (κ3) is 1.84. The van der Waals surface area contributed by atoms with E-state index in [2.05, 4.69) is 5.32 Å². The molecule has 0 aromatic heterocycles. The fraction of sp³-hybridized carbons (Fsp3) is 0.667. The zero-order valence-corrected chi connectivity index (χ0v) is 5.55. The van der Waals surface area contributed by atoms with Gasteiger partial charge in [0.25, 0.3) is 0 Å². The predicted molar refractivity (Wildman–Crippen MR) is 36.1 cm³/mol. The Morgan fingerprint density at radius 3 is 2.80 bits per heavy atom. The number of hydrogen-bond acceptors (Lipinski definition) is 3. The highest BCUT2D eigenvalue weighted by Crippen LogP contribution is 2.07. The molecule has 1 saturated heterocycles. The summed E-state index contributed by atoms with van der Waals surface area (Å²) in [5.74, 6) is 1.66. The Labute approximate surface area is 58.9 Å². The second-order valence-electron chi connectivity index (χ2n) is 2.10. The van der Waals surface area contributed by atoms with Crippen LogP contribution >= 0.6 is 0 Å². The van der Waals surface area contributed by atoms with Gasteiger partial charge in [0, 0.05) is 6.54 Å². The van der Waals surface area contributed by atoms with Crippen molar-refractivity contribution in [3.05, 3.63) is 5.70 Å². The van der Waals surface area contributed by atoms with E-state index in [0.717, 1.165) is 13.0 Å². The molecule has 4 heteroatoms. The number of hydrogen-bond donors (Lipinski definition) is 2. The lowest BCUT2D eigenvalue weighted by Crippen LogP contribution is -2.31. The third-order valence-corrected chi connectivity index (χ3v) is 1.41. The topological polar surface area (TPSA) is 80.8 Å². The van der Waals surface area contributed by atoms with E-state index in [4.69, 9.17) is 5.11 Å². The van der Waals surface area contributed by atoms with E-state index in [1.54, 1.807) is 5.94 Å². The van der Waals surface area contributed by atoms with E-state index in [1.807, 2.05) is 0 Å². The van der Waals surface area contributed by atoms with Crippen molar-refractivity contribution < 1.29 is 15.4 Å². The summed E-state index contributed by atoms with van der Waals surface area (Å²) < 4.78 is 0. The second kappa shape index (κ2) is 4.06. The Morgan fingerprint density at radius 2 is 2.40 bits per heavy atom. The van der Waals surface area contributed by atoms with E-state index in [9.17, 15) is 4.79 Å². The fourth-order valence-corrected chi connectivity index (χ4v) is 0.885. The molecule has 1 rings (SSSR count). The highest BCUT2D eigenvalue weighted by atomic mass is 16.3. The SMILES string of the molecule is O.O=C=C1NCCCC1O. The van der Waals surface area contributed by atoms with Crippen LogP contribution in [0, 0.1) is 0 Å². The molecule has 0 saturated carbocycles. The molecular weight excluding hydrogens is 134 g/mol. The molecule has 0 amide bonds. The minimum Gasteiger partial charge on any atom is -0.412 e. The van der Waals surface area contributed by atoms with Gasteiger partial charge in [0.05, 0.1) is 0 Å². The first kappa shape index (κ1) is 9.17. The molecule has 4 nitrogen and oxygen atoms in total. The van der Waals surface area contributed by atoms with Gasteiger partial charge in [-0.05, 0) is 12.8 Å². The van der Waals surface area contributed by atoms with Crippen molar-refractivity contribution in [2.45, 2.75) is 18.9 Å². The first-order chi connectivity index (χ1) is 4.34. The smallest absolute Gasteiger partial charge is 0.148 e. The van der Waals surface area contributed by atoms with Crippen molar-refractivity contribution >= 4 is 5.94 Å². The van der Waals surface area contributed by atoms with Crippen molar-refractivity contribution in [1.82, 2.24) is 5.32 Å². The lowest BCUT2D eigenvalue weighted by Gasteiger charge is -2.18. The molecule has 0 aromatic carbocycles.